The van der Waals surface area contributed by atoms with Crippen molar-refractivity contribution in [2.45, 2.75) is 116 Å². The van der Waals surface area contributed by atoms with Crippen LogP contribution >= 0.6 is 20.3 Å². The lowest BCUT2D eigenvalue weighted by molar-refractivity contribution is -0.119. The molecule has 276 valence electrons. The minimum absolute atomic E-state index is 0.0166. The van der Waals surface area contributed by atoms with Gasteiger partial charge in [-0.3, -0.25) is 28.7 Å². The molecular weight excluding hydrogens is 679 g/mol. The fraction of sp³-hybridized carbons (Fsp3) is 0.583. The number of nitrogens with one attached hydrogen (secondary N) is 2. The van der Waals surface area contributed by atoms with E-state index in [1.807, 2.05) is 18.2 Å². The maximum atomic E-state index is 12.8. The molecule has 1 unspecified atom stereocenters. The highest BCUT2D eigenvalue weighted by Gasteiger charge is 2.39. The van der Waals surface area contributed by atoms with Gasteiger partial charge in [0, 0.05) is 70.0 Å². The number of nitrogens with zero attached hydrogens (tertiary/aromatic N) is 2. The Morgan fingerprint density at radius 1 is 1.10 bits per heavy atom. The maximum Gasteiger partial charge on any atom is 0.330 e. The van der Waals surface area contributed by atoms with Crippen molar-refractivity contribution in [3.63, 3.8) is 0 Å². The highest BCUT2D eigenvalue weighted by Crippen LogP contribution is 2.49. The van der Waals surface area contributed by atoms with E-state index in [9.17, 15) is 24.0 Å². The first-order valence-electron chi connectivity index (χ1n) is 17.9. The first-order valence-corrected chi connectivity index (χ1v) is 19.4. The number of unbranched alkanes of at least 4 members (excludes halogenated alkanes) is 4. The summed E-state index contributed by atoms with van der Waals surface area (Å²) in [6.07, 6.45) is 7.58. The van der Waals surface area contributed by atoms with E-state index >= 15 is 0 Å². The summed E-state index contributed by atoms with van der Waals surface area (Å²) in [6.45, 7) is 8.60. The second-order valence-corrected chi connectivity index (χ2v) is 15.3. The lowest BCUT2D eigenvalue weighted by atomic mass is 10.1. The molecule has 0 radical (unpaired) electrons. The summed E-state index contributed by atoms with van der Waals surface area (Å²) in [5.74, 6) is 0.289. The number of hydrogen-bond acceptors (Lipinski definition) is 10. The second kappa shape index (κ2) is 21.4. The Morgan fingerprint density at radius 2 is 1.80 bits per heavy atom. The van der Waals surface area contributed by atoms with Gasteiger partial charge in [-0.15, -0.1) is 0 Å². The molecular formula is C36H53N4O8PS. The first kappa shape index (κ1) is 39.8. The van der Waals surface area contributed by atoms with E-state index in [-0.39, 0.29) is 47.8 Å². The van der Waals surface area contributed by atoms with Crippen LogP contribution in [0.4, 0.5) is 0 Å². The van der Waals surface area contributed by atoms with E-state index in [4.69, 9.17) is 15.2 Å². The van der Waals surface area contributed by atoms with Crippen molar-refractivity contribution in [1.82, 2.24) is 19.5 Å². The van der Waals surface area contributed by atoms with Crippen LogP contribution in [0.2, 0.25) is 0 Å². The van der Waals surface area contributed by atoms with Crippen LogP contribution in [0, 0.1) is 0 Å². The molecule has 1 aliphatic rings. The van der Waals surface area contributed by atoms with Gasteiger partial charge in [0.25, 0.3) is 14.1 Å². The molecule has 0 spiro atoms. The number of benzene rings is 1. The van der Waals surface area contributed by atoms with E-state index in [2.05, 4.69) is 42.7 Å². The molecule has 4 atom stereocenters. The molecule has 50 heavy (non-hydrogen) atoms. The minimum atomic E-state index is -1.44. The van der Waals surface area contributed by atoms with Crippen LogP contribution in [-0.2, 0) is 23.4 Å². The van der Waals surface area contributed by atoms with Gasteiger partial charge in [-0.1, -0.05) is 61.4 Å². The summed E-state index contributed by atoms with van der Waals surface area (Å²) in [5.41, 5.74) is -0.530. The van der Waals surface area contributed by atoms with Gasteiger partial charge in [-0.2, -0.15) is 0 Å². The van der Waals surface area contributed by atoms with Crippen molar-refractivity contribution in [3.05, 3.63) is 74.6 Å². The van der Waals surface area contributed by atoms with Gasteiger partial charge >= 0.3 is 5.69 Å². The van der Waals surface area contributed by atoms with Gasteiger partial charge in [0.15, 0.2) is 0 Å². The van der Waals surface area contributed by atoms with Crippen LogP contribution in [0.5, 0.6) is 0 Å². The Morgan fingerprint density at radius 3 is 2.48 bits per heavy atom. The molecule has 0 aliphatic carbocycles. The second-order valence-electron chi connectivity index (χ2n) is 12.7. The highest BCUT2D eigenvalue weighted by atomic mass is 32.2. The molecule has 1 aliphatic heterocycles. The molecule has 1 aromatic carbocycles. The third-order valence-corrected chi connectivity index (χ3v) is 11.1. The minimum Gasteiger partial charge on any atom is -0.353 e. The summed E-state index contributed by atoms with van der Waals surface area (Å²) in [5, 5.41) is 2.79. The molecule has 1 aromatic heterocycles. The Bertz CT molecular complexity index is 1550. The van der Waals surface area contributed by atoms with Gasteiger partial charge in [-0.05, 0) is 53.5 Å². The van der Waals surface area contributed by atoms with Crippen LogP contribution in [0.1, 0.15) is 109 Å². The molecule has 2 aromatic rings. The van der Waals surface area contributed by atoms with E-state index in [0.29, 0.717) is 30.7 Å². The third kappa shape index (κ3) is 13.3. The van der Waals surface area contributed by atoms with Crippen molar-refractivity contribution in [2.24, 2.45) is 0 Å². The zero-order chi connectivity index (χ0) is 37.3. The predicted octanol–water partition coefficient (Wildman–Crippen LogP) is 6.22. The number of aromatic nitrogens is 2. The summed E-state index contributed by atoms with van der Waals surface area (Å²) >= 11 is 1.18. The van der Waals surface area contributed by atoms with Crippen molar-refractivity contribution in [3.8, 4) is 0 Å². The van der Waals surface area contributed by atoms with Crippen molar-refractivity contribution in [1.29, 1.82) is 0 Å². The molecule has 14 heteroatoms. The van der Waals surface area contributed by atoms with Crippen LogP contribution in [0.25, 0.3) is 6.08 Å². The van der Waals surface area contributed by atoms with Crippen LogP contribution in [0.3, 0.4) is 0 Å². The highest BCUT2D eigenvalue weighted by molar-refractivity contribution is 8.14. The Balaban J connectivity index is 1.39. The smallest absolute Gasteiger partial charge is 0.330 e. The topological polar surface area (TPSA) is 149 Å². The van der Waals surface area contributed by atoms with Crippen molar-refractivity contribution in [2.75, 3.05) is 19.4 Å². The molecule has 3 rings (SSSR count). The lowest BCUT2D eigenvalue weighted by Gasteiger charge is -2.36. The van der Waals surface area contributed by atoms with E-state index in [1.165, 1.54) is 34.7 Å². The van der Waals surface area contributed by atoms with Gasteiger partial charge in [0.05, 0.1) is 17.8 Å². The Hall–Kier alpha value is -2.93. The van der Waals surface area contributed by atoms with Gasteiger partial charge in [-0.25, -0.2) is 9.46 Å². The third-order valence-electron chi connectivity index (χ3n) is 8.08. The molecule has 2 heterocycles. The summed E-state index contributed by atoms with van der Waals surface area (Å²) in [7, 11) is 0.146. The monoisotopic (exact) mass is 733 g/mol. The average molecular weight is 734 g/mol. The predicted molar refractivity (Wildman–Crippen MR) is 199 cm³/mol. The zero-order valence-corrected chi connectivity index (χ0v) is 31.5. The molecule has 0 saturated carbocycles. The molecule has 0 bridgehead atoms. The van der Waals surface area contributed by atoms with E-state index < -0.39 is 38.2 Å². The molecule has 1 fully saturated rings. The fourth-order valence-corrected chi connectivity index (χ4v) is 7.96. The summed E-state index contributed by atoms with van der Waals surface area (Å²) in [6, 6.07) is 9.37. The van der Waals surface area contributed by atoms with Crippen molar-refractivity contribution < 1.29 is 29.5 Å². The van der Waals surface area contributed by atoms with Gasteiger partial charge in [0.1, 0.15) is 12.0 Å². The number of amides is 1. The number of aromatic amines is 1. The number of thioether (sulfide) groups is 1. The van der Waals surface area contributed by atoms with Crippen LogP contribution in [0.15, 0.2) is 52.2 Å². The Labute approximate surface area is 302 Å². The Kier molecular flexibility index (Phi) is 17.1. The number of hydrogen-bond donors (Lipinski definition) is 2. The number of ketones is 1. The summed E-state index contributed by atoms with van der Waals surface area (Å²) < 4.78 is 29.5. The number of rotatable bonds is 21. The molecule has 1 amide bonds. The molecule has 2 N–H and O–H groups in total. The first-order chi connectivity index (χ1) is 24.4. The molecule has 12 nitrogen and oxygen atoms in total. The number of ether oxygens (including phenoxy) is 1. The zero-order valence-electron chi connectivity index (χ0n) is 30.8. The standard InChI is InChI=1S/C36H53N4O8PS/c1-25(2)40(26(3)4)49(46-6)48-31-23-33(47-27(31)5)39-24-29(34(43)38-36(39)45)18-19-32(42)37-21-14-9-7-8-13-17-30(41)20-22-50-35(44)28-15-11-10-12-16-28/h10-12,15-16,18-19,24-27,31,33H,7-9,13-14,17,20-23H2,1-6H3,(H,37,42)(H,38,43,45)/b19-18+/t27-,31-,33-,49?/m1/s1/i5D. The molecule has 1 saturated heterocycles. The number of carbonyl (C=O) groups is 3. The lowest BCUT2D eigenvalue weighted by Crippen LogP contribution is -2.35. The van der Waals surface area contributed by atoms with Gasteiger partial charge < -0.3 is 19.1 Å². The SMILES string of the molecule is [2H]C[C@H]1O[C@@H](n2cc(/C=C/C(=O)NCCCCCCCC(=O)CCSC(=O)c3ccccc3)c(=O)[nH]c2=O)C[C@H]1OP(OC)N(C(C)C)C(C)C. The van der Waals surface area contributed by atoms with Crippen LogP contribution < -0.4 is 16.6 Å². The van der Waals surface area contributed by atoms with Crippen LogP contribution in [-0.4, -0.2) is 74.7 Å². The number of H-pyrrole nitrogens is 1. The van der Waals surface area contributed by atoms with Gasteiger partial charge in [0.2, 0.25) is 11.0 Å². The van der Waals surface area contributed by atoms with Crippen molar-refractivity contribution >= 4 is 43.2 Å². The average Bonchev–Trinajstić information content (AvgIpc) is 3.50. The fourth-order valence-electron chi connectivity index (χ4n) is 5.55. The maximum absolute atomic E-state index is 12.8. The van der Waals surface area contributed by atoms with E-state index in [0.717, 1.165) is 32.1 Å². The quantitative estimate of drug-likeness (QED) is 0.0860. The largest absolute Gasteiger partial charge is 0.353 e. The normalized spacial score (nSPS) is 18.6. The number of carbonyl (C=O) groups excluding carboxylic acids is 3. The summed E-state index contributed by atoms with van der Waals surface area (Å²) in [4.78, 5) is 64.3. The van der Waals surface area contributed by atoms with E-state index in [1.54, 1.807) is 19.2 Å². The number of Topliss-reactive ketones (excluding diaryl/α,β-unsaturated/α-hetero) is 1.